The lowest BCUT2D eigenvalue weighted by Crippen LogP contribution is -2.24. The number of amides is 1. The number of nitrogens with zero attached hydrogens (tertiary/aromatic N) is 5. The lowest BCUT2D eigenvalue weighted by Gasteiger charge is -2.10. The van der Waals surface area contributed by atoms with Crippen LogP contribution in [-0.4, -0.2) is 45.5 Å². The zero-order valence-corrected chi connectivity index (χ0v) is 9.53. The van der Waals surface area contributed by atoms with E-state index in [-0.39, 0.29) is 11.6 Å². The summed E-state index contributed by atoms with van der Waals surface area (Å²) in [6.07, 6.45) is 0. The molecule has 0 atom stereocenters. The van der Waals surface area contributed by atoms with Crippen molar-refractivity contribution in [2.45, 2.75) is 0 Å². The second-order valence-electron chi connectivity index (χ2n) is 3.64. The highest BCUT2D eigenvalue weighted by Gasteiger charge is 2.18. The number of aromatic nitrogens is 4. The molecule has 2 aromatic rings. The molecule has 0 saturated heterocycles. The Morgan fingerprint density at radius 1 is 1.06 bits per heavy atom. The Labute approximate surface area is 98.3 Å². The van der Waals surface area contributed by atoms with E-state index in [1.807, 2.05) is 30.3 Å². The van der Waals surface area contributed by atoms with Crippen molar-refractivity contribution >= 4 is 5.91 Å². The summed E-state index contributed by atoms with van der Waals surface area (Å²) in [6.45, 7) is 0. The Balaban J connectivity index is 2.52. The van der Waals surface area contributed by atoms with E-state index in [9.17, 15) is 4.79 Å². The SMILES string of the molecule is CN(C)C(=O)c1nnnnc1-c1ccccc1. The Kier molecular flexibility index (Phi) is 3.04. The normalized spacial score (nSPS) is 10.0. The lowest BCUT2D eigenvalue weighted by atomic mass is 10.1. The molecule has 17 heavy (non-hydrogen) atoms. The van der Waals surface area contributed by atoms with Crippen LogP contribution in [0, 0.1) is 0 Å². The Morgan fingerprint density at radius 2 is 1.71 bits per heavy atom. The van der Waals surface area contributed by atoms with Crippen LogP contribution in [0.15, 0.2) is 30.3 Å². The molecule has 6 nitrogen and oxygen atoms in total. The molecule has 0 aliphatic heterocycles. The fourth-order valence-electron chi connectivity index (χ4n) is 1.37. The van der Waals surface area contributed by atoms with E-state index in [0.717, 1.165) is 5.56 Å². The van der Waals surface area contributed by atoms with Crippen molar-refractivity contribution in [3.05, 3.63) is 36.0 Å². The van der Waals surface area contributed by atoms with Crippen molar-refractivity contribution in [1.82, 2.24) is 25.5 Å². The minimum absolute atomic E-state index is 0.205. The summed E-state index contributed by atoms with van der Waals surface area (Å²) in [7, 11) is 3.30. The average molecular weight is 229 g/mol. The predicted molar refractivity (Wildman–Crippen MR) is 61.1 cm³/mol. The summed E-state index contributed by atoms with van der Waals surface area (Å²) < 4.78 is 0. The zero-order valence-electron chi connectivity index (χ0n) is 9.53. The fourth-order valence-corrected chi connectivity index (χ4v) is 1.37. The minimum atomic E-state index is -0.244. The number of benzene rings is 1. The Bertz CT molecular complexity index is 526. The van der Waals surface area contributed by atoms with Crippen LogP contribution in [-0.2, 0) is 0 Å². The average Bonchev–Trinajstić information content (AvgIpc) is 2.39. The standard InChI is InChI=1S/C11H11N5O/c1-16(2)11(17)10-9(12-14-15-13-10)8-6-4-3-5-7-8/h3-7H,1-2H3. The second-order valence-corrected chi connectivity index (χ2v) is 3.64. The van der Waals surface area contributed by atoms with Crippen LogP contribution in [0.2, 0.25) is 0 Å². The van der Waals surface area contributed by atoms with Crippen LogP contribution >= 0.6 is 0 Å². The molecule has 0 aliphatic carbocycles. The number of rotatable bonds is 2. The van der Waals surface area contributed by atoms with Crippen LogP contribution in [0.4, 0.5) is 0 Å². The number of carbonyl (C=O) groups is 1. The fraction of sp³-hybridized carbons (Fsp3) is 0.182. The van der Waals surface area contributed by atoms with Crippen molar-refractivity contribution in [1.29, 1.82) is 0 Å². The zero-order chi connectivity index (χ0) is 12.3. The molecule has 1 aromatic carbocycles. The maximum Gasteiger partial charge on any atom is 0.276 e. The van der Waals surface area contributed by atoms with Gasteiger partial charge < -0.3 is 4.90 Å². The van der Waals surface area contributed by atoms with Crippen LogP contribution in [0.3, 0.4) is 0 Å². The van der Waals surface area contributed by atoms with Gasteiger partial charge in [0.25, 0.3) is 5.91 Å². The van der Waals surface area contributed by atoms with Crippen molar-refractivity contribution in [2.75, 3.05) is 14.1 Å². The van der Waals surface area contributed by atoms with Crippen molar-refractivity contribution in [3.8, 4) is 11.3 Å². The van der Waals surface area contributed by atoms with E-state index in [2.05, 4.69) is 20.6 Å². The van der Waals surface area contributed by atoms with Gasteiger partial charge in [0.15, 0.2) is 5.69 Å². The molecule has 0 N–H and O–H groups in total. The summed E-state index contributed by atoms with van der Waals surface area (Å²) in [5.41, 5.74) is 1.44. The number of carbonyl (C=O) groups excluding carboxylic acids is 1. The summed E-state index contributed by atoms with van der Waals surface area (Å²) in [4.78, 5) is 13.3. The van der Waals surface area contributed by atoms with Crippen LogP contribution in [0.1, 0.15) is 10.5 Å². The first kappa shape index (κ1) is 11.1. The number of hydrogen-bond donors (Lipinski definition) is 0. The molecule has 1 heterocycles. The topological polar surface area (TPSA) is 71.9 Å². The Hall–Kier alpha value is -2.37. The summed E-state index contributed by atoms with van der Waals surface area (Å²) in [5.74, 6) is -0.244. The molecule has 6 heteroatoms. The molecule has 0 bridgehead atoms. The quantitative estimate of drug-likeness (QED) is 0.755. The smallest absolute Gasteiger partial charge is 0.276 e. The highest BCUT2D eigenvalue weighted by molar-refractivity contribution is 5.97. The summed E-state index contributed by atoms with van der Waals surface area (Å²) in [5, 5.41) is 14.5. The first-order valence-electron chi connectivity index (χ1n) is 5.03. The van der Waals surface area contributed by atoms with Crippen molar-refractivity contribution < 1.29 is 4.79 Å². The van der Waals surface area contributed by atoms with Gasteiger partial charge in [-0.2, -0.15) is 0 Å². The third-order valence-electron chi connectivity index (χ3n) is 2.21. The monoisotopic (exact) mass is 229 g/mol. The van der Waals surface area contributed by atoms with E-state index in [0.29, 0.717) is 5.69 Å². The van der Waals surface area contributed by atoms with Gasteiger partial charge in [-0.15, -0.1) is 10.2 Å². The first-order chi connectivity index (χ1) is 8.20. The maximum absolute atomic E-state index is 11.9. The van der Waals surface area contributed by atoms with Gasteiger partial charge in [0, 0.05) is 19.7 Å². The van der Waals surface area contributed by atoms with E-state index < -0.39 is 0 Å². The highest BCUT2D eigenvalue weighted by Crippen LogP contribution is 2.18. The van der Waals surface area contributed by atoms with Gasteiger partial charge in [0.1, 0.15) is 5.69 Å². The number of hydrogen-bond acceptors (Lipinski definition) is 5. The van der Waals surface area contributed by atoms with Crippen molar-refractivity contribution in [3.63, 3.8) is 0 Å². The van der Waals surface area contributed by atoms with Gasteiger partial charge in [-0.25, -0.2) is 0 Å². The van der Waals surface area contributed by atoms with Crippen molar-refractivity contribution in [2.24, 2.45) is 0 Å². The van der Waals surface area contributed by atoms with E-state index in [1.165, 1.54) is 4.90 Å². The minimum Gasteiger partial charge on any atom is -0.343 e. The highest BCUT2D eigenvalue weighted by atomic mass is 16.2. The predicted octanol–water partition coefficient (Wildman–Crippen LogP) is 0.635. The lowest BCUT2D eigenvalue weighted by molar-refractivity contribution is 0.0820. The van der Waals surface area contributed by atoms with Crippen LogP contribution in [0.5, 0.6) is 0 Å². The molecule has 0 saturated carbocycles. The molecule has 0 spiro atoms. The molecule has 0 radical (unpaired) electrons. The van der Waals surface area contributed by atoms with Gasteiger partial charge in [-0.05, 0) is 10.4 Å². The molecule has 1 amide bonds. The molecule has 0 aliphatic rings. The van der Waals surface area contributed by atoms with Gasteiger partial charge in [-0.1, -0.05) is 30.3 Å². The molecule has 86 valence electrons. The molecule has 2 rings (SSSR count). The molecular weight excluding hydrogens is 218 g/mol. The molecule has 0 unspecified atom stereocenters. The summed E-state index contributed by atoms with van der Waals surface area (Å²) >= 11 is 0. The molecule has 1 aromatic heterocycles. The van der Waals surface area contributed by atoms with Gasteiger partial charge >= 0.3 is 0 Å². The third-order valence-corrected chi connectivity index (χ3v) is 2.21. The van der Waals surface area contributed by atoms with Gasteiger partial charge in [-0.3, -0.25) is 4.79 Å². The summed E-state index contributed by atoms with van der Waals surface area (Å²) in [6, 6.07) is 9.30. The largest absolute Gasteiger partial charge is 0.343 e. The van der Waals surface area contributed by atoms with Crippen LogP contribution in [0.25, 0.3) is 11.3 Å². The van der Waals surface area contributed by atoms with Gasteiger partial charge in [0.05, 0.1) is 0 Å². The third kappa shape index (κ3) is 2.25. The maximum atomic E-state index is 11.9. The van der Waals surface area contributed by atoms with Crippen LogP contribution < -0.4 is 0 Å². The second kappa shape index (κ2) is 4.65. The Morgan fingerprint density at radius 3 is 2.35 bits per heavy atom. The van der Waals surface area contributed by atoms with E-state index >= 15 is 0 Å². The first-order valence-corrected chi connectivity index (χ1v) is 5.03. The van der Waals surface area contributed by atoms with E-state index in [4.69, 9.17) is 0 Å². The molecular formula is C11H11N5O. The molecule has 0 fully saturated rings. The van der Waals surface area contributed by atoms with E-state index in [1.54, 1.807) is 14.1 Å². The van der Waals surface area contributed by atoms with Gasteiger partial charge in [0.2, 0.25) is 0 Å².